The second kappa shape index (κ2) is 9.33. The van der Waals surface area contributed by atoms with Crippen LogP contribution in [0.3, 0.4) is 0 Å². The summed E-state index contributed by atoms with van der Waals surface area (Å²) >= 11 is 0. The number of para-hydroxylation sites is 2. The lowest BCUT2D eigenvalue weighted by atomic mass is 9.83. The van der Waals surface area contributed by atoms with Gasteiger partial charge in [-0.15, -0.1) is 0 Å². The van der Waals surface area contributed by atoms with Gasteiger partial charge in [0.15, 0.2) is 0 Å². The third-order valence-corrected chi connectivity index (χ3v) is 6.63. The molecule has 0 fully saturated rings. The normalized spacial score (nSPS) is 12.9. The second-order valence-electron chi connectivity index (χ2n) is 8.92. The Balaban J connectivity index is 1.48. The zero-order chi connectivity index (χ0) is 27.1. The van der Waals surface area contributed by atoms with Gasteiger partial charge in [0.05, 0.1) is 11.1 Å². The quantitative estimate of drug-likeness (QED) is 0.308. The van der Waals surface area contributed by atoms with Crippen molar-refractivity contribution in [2.75, 3.05) is 23.9 Å². The average Bonchev–Trinajstić information content (AvgIpc) is 2.92. The minimum atomic E-state index is -0.806. The van der Waals surface area contributed by atoms with Crippen molar-refractivity contribution >= 4 is 33.9 Å². The minimum Gasteiger partial charge on any atom is -0.872 e. The van der Waals surface area contributed by atoms with E-state index >= 15 is 0 Å². The first-order chi connectivity index (χ1) is 18.2. The first kappa shape index (κ1) is 24.5. The maximum atomic E-state index is 13.1. The molecule has 0 aromatic heterocycles. The Hall–Kier alpha value is -5.24. The van der Waals surface area contributed by atoms with E-state index in [0.717, 1.165) is 11.4 Å². The van der Waals surface area contributed by atoms with Crippen LogP contribution < -0.4 is 20.0 Å². The Kier molecular flexibility index (Phi) is 6.00. The van der Waals surface area contributed by atoms with Crippen LogP contribution in [0.15, 0.2) is 96.4 Å². The predicted molar refractivity (Wildman–Crippen MR) is 142 cm³/mol. The van der Waals surface area contributed by atoms with E-state index < -0.39 is 45.7 Å². The highest BCUT2D eigenvalue weighted by Crippen LogP contribution is 2.52. The average molecular weight is 509 g/mol. The number of phenols is 4. The van der Waals surface area contributed by atoms with Gasteiger partial charge in [-0.1, -0.05) is 47.9 Å². The number of nitrogens with zero attached hydrogens (tertiary/aromatic N) is 2. The Labute approximate surface area is 219 Å². The number of rotatable bonds is 6. The van der Waals surface area contributed by atoms with Crippen LogP contribution in [0.1, 0.15) is 11.1 Å². The summed E-state index contributed by atoms with van der Waals surface area (Å²) < 4.78 is 0. The SMILES string of the molecule is CN(c1ccccc1)c1cc(O)c(C2=C([O-])C(c3c(O)cc(N(C)c4ccccc4)cc3O)=C2[O-])c(O)c1. The fraction of sp³-hybridized carbons (Fsp3) is 0.0667. The van der Waals surface area contributed by atoms with Crippen molar-refractivity contribution in [3.63, 3.8) is 0 Å². The van der Waals surface area contributed by atoms with Crippen LogP contribution in [0.25, 0.3) is 11.1 Å². The smallest absolute Gasteiger partial charge is 0.129 e. The summed E-state index contributed by atoms with van der Waals surface area (Å²) in [4.78, 5) is 3.44. The van der Waals surface area contributed by atoms with Crippen molar-refractivity contribution in [3.05, 3.63) is 108 Å². The zero-order valence-corrected chi connectivity index (χ0v) is 20.6. The summed E-state index contributed by atoms with van der Waals surface area (Å²) in [5, 5.41) is 68.9. The van der Waals surface area contributed by atoms with Gasteiger partial charge in [0.2, 0.25) is 0 Å². The molecule has 4 aromatic carbocycles. The molecular weight excluding hydrogens is 484 g/mol. The highest BCUT2D eigenvalue weighted by Gasteiger charge is 2.28. The van der Waals surface area contributed by atoms with Gasteiger partial charge in [-0.2, -0.15) is 0 Å². The number of phenolic OH excluding ortho intramolecular Hbond substituents is 4. The molecule has 0 bridgehead atoms. The zero-order valence-electron chi connectivity index (χ0n) is 20.6. The summed E-state index contributed by atoms with van der Waals surface area (Å²) in [5.41, 5.74) is 1.03. The number of allylic oxidation sites excluding steroid dienone is 2. The highest BCUT2D eigenvalue weighted by molar-refractivity contribution is 6.09. The van der Waals surface area contributed by atoms with Crippen LogP contribution in [-0.2, 0) is 0 Å². The van der Waals surface area contributed by atoms with E-state index in [2.05, 4.69) is 0 Å². The van der Waals surface area contributed by atoms with Crippen LogP contribution in [0.4, 0.5) is 22.7 Å². The molecule has 1 aliphatic rings. The van der Waals surface area contributed by atoms with E-state index in [9.17, 15) is 30.6 Å². The van der Waals surface area contributed by atoms with E-state index in [1.54, 1.807) is 23.9 Å². The molecule has 0 atom stereocenters. The fourth-order valence-corrected chi connectivity index (χ4v) is 4.54. The number of anilines is 4. The lowest BCUT2D eigenvalue weighted by Gasteiger charge is -2.40. The molecule has 0 saturated heterocycles. The van der Waals surface area contributed by atoms with Crippen molar-refractivity contribution in [1.29, 1.82) is 0 Å². The maximum Gasteiger partial charge on any atom is 0.129 e. The molecule has 4 N–H and O–H groups in total. The van der Waals surface area contributed by atoms with Crippen molar-refractivity contribution in [3.8, 4) is 23.0 Å². The third-order valence-electron chi connectivity index (χ3n) is 6.63. The molecule has 192 valence electrons. The summed E-state index contributed by atoms with van der Waals surface area (Å²) in [6.07, 6.45) is 0. The van der Waals surface area contributed by atoms with E-state index in [1.807, 2.05) is 60.7 Å². The molecule has 0 unspecified atom stereocenters. The topological polar surface area (TPSA) is 134 Å². The molecule has 8 nitrogen and oxygen atoms in total. The largest absolute Gasteiger partial charge is 0.872 e. The van der Waals surface area contributed by atoms with Gasteiger partial charge in [-0.3, -0.25) is 0 Å². The monoisotopic (exact) mass is 508 g/mol. The molecule has 0 aliphatic heterocycles. The Morgan fingerprint density at radius 2 is 0.763 bits per heavy atom. The van der Waals surface area contributed by atoms with Crippen LogP contribution >= 0.6 is 0 Å². The van der Waals surface area contributed by atoms with Gasteiger partial charge in [-0.05, 0) is 35.4 Å². The van der Waals surface area contributed by atoms with Gasteiger partial charge in [0.25, 0.3) is 0 Å². The molecule has 0 amide bonds. The van der Waals surface area contributed by atoms with Crippen LogP contribution in [0.5, 0.6) is 23.0 Å². The minimum absolute atomic E-state index is 0.298. The molecule has 0 radical (unpaired) electrons. The van der Waals surface area contributed by atoms with Crippen molar-refractivity contribution in [1.82, 2.24) is 0 Å². The van der Waals surface area contributed by atoms with Gasteiger partial charge < -0.3 is 40.4 Å². The maximum absolute atomic E-state index is 13.1. The lowest BCUT2D eigenvalue weighted by molar-refractivity contribution is -0.316. The number of hydrogen-bond donors (Lipinski definition) is 4. The van der Waals surface area contributed by atoms with Gasteiger partial charge in [0, 0.05) is 61.1 Å². The Bertz CT molecular complexity index is 1420. The first-order valence-corrected chi connectivity index (χ1v) is 11.7. The molecule has 8 heteroatoms. The second-order valence-corrected chi connectivity index (χ2v) is 8.92. The first-order valence-electron chi connectivity index (χ1n) is 11.7. The summed E-state index contributed by atoms with van der Waals surface area (Å²) in [6.45, 7) is 0. The Morgan fingerprint density at radius 1 is 0.474 bits per heavy atom. The van der Waals surface area contributed by atoms with Crippen LogP contribution in [0, 0.1) is 0 Å². The van der Waals surface area contributed by atoms with Gasteiger partial charge >= 0.3 is 0 Å². The van der Waals surface area contributed by atoms with Crippen LogP contribution in [0.2, 0.25) is 0 Å². The van der Waals surface area contributed by atoms with E-state index in [4.69, 9.17) is 0 Å². The lowest BCUT2D eigenvalue weighted by Crippen LogP contribution is -2.27. The number of benzene rings is 4. The van der Waals surface area contributed by atoms with Gasteiger partial charge in [-0.25, -0.2) is 0 Å². The van der Waals surface area contributed by atoms with Crippen molar-refractivity contribution < 1.29 is 30.6 Å². The van der Waals surface area contributed by atoms with Crippen molar-refractivity contribution in [2.24, 2.45) is 0 Å². The molecule has 0 heterocycles. The molecule has 0 saturated carbocycles. The molecular formula is C30H24N2O6-2. The molecule has 1 aliphatic carbocycles. The third kappa shape index (κ3) is 3.98. The predicted octanol–water partition coefficient (Wildman–Crippen LogP) is 3.90. The summed E-state index contributed by atoms with van der Waals surface area (Å²) in [7, 11) is 3.48. The molecule has 38 heavy (non-hydrogen) atoms. The number of hydrogen-bond acceptors (Lipinski definition) is 8. The van der Waals surface area contributed by atoms with Crippen molar-refractivity contribution in [2.45, 2.75) is 0 Å². The highest BCUT2D eigenvalue weighted by atomic mass is 16.3. The molecule has 5 rings (SSSR count). The van der Waals surface area contributed by atoms with Gasteiger partial charge in [0.1, 0.15) is 23.0 Å². The summed E-state index contributed by atoms with van der Waals surface area (Å²) in [5.74, 6) is -3.42. The van der Waals surface area contributed by atoms with Crippen LogP contribution in [-0.4, -0.2) is 34.5 Å². The molecule has 4 aromatic rings. The standard InChI is InChI=1S/C30H26N2O6/c1-31(17-9-5-3-6-10-17)19-13-21(33)25(22(34)14-19)27-29(37)28(30(27)38)26-23(35)15-20(16-24(26)36)32(2)18-11-7-4-8-12-18/h3-16,33-38H,1-2H3/p-2. The number of aromatic hydroxyl groups is 4. The van der Waals surface area contributed by atoms with E-state index in [1.165, 1.54) is 24.3 Å². The summed E-state index contributed by atoms with van der Waals surface area (Å²) in [6, 6.07) is 23.9. The molecule has 0 spiro atoms. The van der Waals surface area contributed by atoms with E-state index in [-0.39, 0.29) is 11.1 Å². The Morgan fingerprint density at radius 3 is 1.05 bits per heavy atom. The van der Waals surface area contributed by atoms with E-state index in [0.29, 0.717) is 11.4 Å². The fourth-order valence-electron chi connectivity index (χ4n) is 4.54.